The number of hydrogen-bond acceptors (Lipinski definition) is 6. The summed E-state index contributed by atoms with van der Waals surface area (Å²) in [5, 5.41) is 6.04. The number of nitrogens with one attached hydrogen (secondary N) is 2. The van der Waals surface area contributed by atoms with Crippen LogP contribution in [-0.2, 0) is 6.42 Å². The van der Waals surface area contributed by atoms with Crippen LogP contribution in [0.15, 0.2) is 43.4 Å². The number of hydrogen-bond donors (Lipinski definition) is 3. The highest BCUT2D eigenvalue weighted by Crippen LogP contribution is 2.34. The first-order valence-electron chi connectivity index (χ1n) is 9.64. The third-order valence-electron chi connectivity index (χ3n) is 4.86. The molecule has 0 radical (unpaired) electrons. The maximum atomic E-state index is 14.1. The van der Waals surface area contributed by atoms with Crippen LogP contribution < -0.4 is 21.3 Å². The molecule has 0 unspecified atom stereocenters. The molecule has 0 bridgehead atoms. The van der Waals surface area contributed by atoms with E-state index in [0.29, 0.717) is 12.4 Å². The molecule has 2 aromatic heterocycles. The van der Waals surface area contributed by atoms with Gasteiger partial charge in [0.2, 0.25) is 0 Å². The Morgan fingerprint density at radius 1 is 1.34 bits per heavy atom. The lowest BCUT2D eigenvalue weighted by Crippen LogP contribution is -2.42. The molecule has 6 nitrogen and oxygen atoms in total. The second kappa shape index (κ2) is 9.00. The van der Waals surface area contributed by atoms with Gasteiger partial charge < -0.3 is 21.3 Å². The molecule has 0 saturated carbocycles. The lowest BCUT2D eigenvalue weighted by Gasteiger charge is -2.39. The summed E-state index contributed by atoms with van der Waals surface area (Å²) in [6.45, 7) is 11.3. The van der Waals surface area contributed by atoms with E-state index in [1.165, 1.54) is 0 Å². The van der Waals surface area contributed by atoms with E-state index in [9.17, 15) is 8.78 Å². The summed E-state index contributed by atoms with van der Waals surface area (Å²) in [5.74, 6) is -0.493. The van der Waals surface area contributed by atoms with Gasteiger partial charge in [-0.05, 0) is 44.4 Å². The minimum atomic E-state index is -0.791. The van der Waals surface area contributed by atoms with E-state index in [2.05, 4.69) is 28.8 Å². The van der Waals surface area contributed by atoms with Gasteiger partial charge in [-0.2, -0.15) is 0 Å². The second-order valence-corrected chi connectivity index (χ2v) is 6.88. The van der Waals surface area contributed by atoms with Gasteiger partial charge in [0.25, 0.3) is 0 Å². The Morgan fingerprint density at radius 3 is 2.83 bits per heavy atom. The molecule has 8 heteroatoms. The Labute approximate surface area is 169 Å². The maximum Gasteiger partial charge on any atom is 0.168 e. The molecule has 0 aromatic carbocycles. The third-order valence-corrected chi connectivity index (χ3v) is 4.86. The molecule has 3 heterocycles. The van der Waals surface area contributed by atoms with Crippen LogP contribution in [0.4, 0.5) is 20.4 Å². The van der Waals surface area contributed by atoms with Crippen LogP contribution >= 0.6 is 0 Å². The number of aryl methyl sites for hydroxylation is 1. The standard InChI is InChI=1S/C21H26F2N6/c1-4-25-13(2)19-8-6-15-5-7-17(9-10-24)29(21(15)28-19)14(3)27-20-18(23)11-16(22)12-26-20/h6,8,11-12,17,25H,2-5,7,9-10,24H2,1H3,(H,26,27)/t17-/m1/s1. The van der Waals surface area contributed by atoms with Crippen molar-refractivity contribution in [2.45, 2.75) is 32.2 Å². The monoisotopic (exact) mass is 400 g/mol. The molecule has 1 aliphatic heterocycles. The lowest BCUT2D eigenvalue weighted by atomic mass is 9.96. The number of fused-ring (bicyclic) bond motifs is 1. The fourth-order valence-corrected chi connectivity index (χ4v) is 3.49. The summed E-state index contributed by atoms with van der Waals surface area (Å²) >= 11 is 0. The zero-order chi connectivity index (χ0) is 21.0. The van der Waals surface area contributed by atoms with Crippen molar-refractivity contribution in [2.24, 2.45) is 5.73 Å². The fourth-order valence-electron chi connectivity index (χ4n) is 3.49. The molecule has 2 aromatic rings. The first-order chi connectivity index (χ1) is 13.9. The quantitative estimate of drug-likeness (QED) is 0.630. The average Bonchev–Trinajstić information content (AvgIpc) is 2.69. The maximum absolute atomic E-state index is 14.1. The zero-order valence-corrected chi connectivity index (χ0v) is 16.5. The van der Waals surface area contributed by atoms with Gasteiger partial charge in [-0.15, -0.1) is 0 Å². The van der Waals surface area contributed by atoms with Crippen molar-refractivity contribution >= 4 is 17.3 Å². The Hall–Kier alpha value is -3.00. The summed E-state index contributed by atoms with van der Waals surface area (Å²) in [7, 11) is 0. The molecule has 0 amide bonds. The second-order valence-electron chi connectivity index (χ2n) is 6.88. The lowest BCUT2D eigenvalue weighted by molar-refractivity contribution is 0.523. The highest BCUT2D eigenvalue weighted by molar-refractivity contribution is 5.65. The Balaban J connectivity index is 1.96. The van der Waals surface area contributed by atoms with E-state index < -0.39 is 11.6 Å². The molecular formula is C21H26F2N6. The highest BCUT2D eigenvalue weighted by atomic mass is 19.1. The number of pyridine rings is 2. The van der Waals surface area contributed by atoms with Gasteiger partial charge in [0.1, 0.15) is 17.5 Å². The smallest absolute Gasteiger partial charge is 0.168 e. The first kappa shape index (κ1) is 20.7. The van der Waals surface area contributed by atoms with Crippen LogP contribution in [-0.4, -0.2) is 29.1 Å². The van der Waals surface area contributed by atoms with Gasteiger partial charge in [-0.1, -0.05) is 19.2 Å². The van der Waals surface area contributed by atoms with E-state index >= 15 is 0 Å². The molecule has 0 aliphatic carbocycles. The Morgan fingerprint density at radius 2 is 2.14 bits per heavy atom. The third kappa shape index (κ3) is 4.54. The minimum absolute atomic E-state index is 0.0474. The molecule has 1 atom stereocenters. The minimum Gasteiger partial charge on any atom is -0.384 e. The van der Waals surface area contributed by atoms with Crippen molar-refractivity contribution in [1.29, 1.82) is 0 Å². The van der Waals surface area contributed by atoms with Crippen LogP contribution in [0, 0.1) is 11.6 Å². The normalized spacial score (nSPS) is 15.6. The van der Waals surface area contributed by atoms with Crippen molar-refractivity contribution in [1.82, 2.24) is 15.3 Å². The van der Waals surface area contributed by atoms with Crippen molar-refractivity contribution < 1.29 is 8.78 Å². The molecule has 1 aliphatic rings. The van der Waals surface area contributed by atoms with Crippen LogP contribution in [0.25, 0.3) is 5.70 Å². The summed E-state index contributed by atoms with van der Waals surface area (Å²) in [5.41, 5.74) is 8.32. The number of anilines is 2. The topological polar surface area (TPSA) is 79.1 Å². The van der Waals surface area contributed by atoms with Crippen molar-refractivity contribution in [3.05, 3.63) is 66.3 Å². The largest absolute Gasteiger partial charge is 0.384 e. The van der Waals surface area contributed by atoms with Gasteiger partial charge >= 0.3 is 0 Å². The average molecular weight is 400 g/mol. The summed E-state index contributed by atoms with van der Waals surface area (Å²) in [6.07, 6.45) is 3.39. The molecule has 29 heavy (non-hydrogen) atoms. The predicted molar refractivity (Wildman–Crippen MR) is 112 cm³/mol. The molecule has 0 saturated heterocycles. The fraction of sp³-hybridized carbons (Fsp3) is 0.333. The zero-order valence-electron chi connectivity index (χ0n) is 16.5. The molecular weight excluding hydrogens is 374 g/mol. The number of nitrogens with two attached hydrogens (primary N) is 1. The van der Waals surface area contributed by atoms with Gasteiger partial charge in [0.15, 0.2) is 11.6 Å². The van der Waals surface area contributed by atoms with E-state index in [1.54, 1.807) is 0 Å². The molecule has 3 rings (SSSR count). The van der Waals surface area contributed by atoms with Gasteiger partial charge in [-0.3, -0.25) is 0 Å². The van der Waals surface area contributed by atoms with Crippen LogP contribution in [0.3, 0.4) is 0 Å². The van der Waals surface area contributed by atoms with E-state index in [1.807, 2.05) is 24.0 Å². The molecule has 0 spiro atoms. The van der Waals surface area contributed by atoms with Crippen molar-refractivity contribution in [3.8, 4) is 0 Å². The number of halogens is 2. The first-order valence-corrected chi connectivity index (χ1v) is 9.64. The van der Waals surface area contributed by atoms with Gasteiger partial charge in [0, 0.05) is 18.7 Å². The van der Waals surface area contributed by atoms with E-state index in [-0.39, 0.29) is 11.9 Å². The van der Waals surface area contributed by atoms with Gasteiger partial charge in [0.05, 0.1) is 17.6 Å². The SMILES string of the molecule is C=C(NCC)c1ccc2c(n1)N(C(=C)Nc1ncc(F)cc1F)[C@@H](CCN)CC2. The summed E-state index contributed by atoms with van der Waals surface area (Å²) < 4.78 is 27.3. The highest BCUT2D eigenvalue weighted by Gasteiger charge is 2.30. The molecule has 154 valence electrons. The summed E-state index contributed by atoms with van der Waals surface area (Å²) in [4.78, 5) is 10.5. The molecule has 4 N–H and O–H groups in total. The predicted octanol–water partition coefficient (Wildman–Crippen LogP) is 3.39. The van der Waals surface area contributed by atoms with Crippen LogP contribution in [0.5, 0.6) is 0 Å². The van der Waals surface area contributed by atoms with Crippen LogP contribution in [0.2, 0.25) is 0 Å². The number of aromatic nitrogens is 2. The van der Waals surface area contributed by atoms with E-state index in [4.69, 9.17) is 10.7 Å². The Bertz CT molecular complexity index is 914. The summed E-state index contributed by atoms with van der Waals surface area (Å²) in [6, 6.07) is 4.78. The van der Waals surface area contributed by atoms with Gasteiger partial charge in [-0.25, -0.2) is 18.7 Å². The number of nitrogens with zero attached hydrogens (tertiary/aromatic N) is 3. The number of rotatable bonds is 8. The van der Waals surface area contributed by atoms with Crippen LogP contribution in [0.1, 0.15) is 31.0 Å². The van der Waals surface area contributed by atoms with Crippen molar-refractivity contribution in [3.63, 3.8) is 0 Å². The molecule has 0 fully saturated rings. The van der Waals surface area contributed by atoms with Crippen molar-refractivity contribution in [2.75, 3.05) is 23.3 Å². The van der Waals surface area contributed by atoms with E-state index in [0.717, 1.165) is 60.8 Å². The Kier molecular flexibility index (Phi) is 6.43.